The Hall–Kier alpha value is -1.18. The predicted octanol–water partition coefficient (Wildman–Crippen LogP) is 4.33. The second-order valence-electron chi connectivity index (χ2n) is 11.5. The number of fused-ring (bicyclic) bond motifs is 5. The Labute approximate surface area is 207 Å². The summed E-state index contributed by atoms with van der Waals surface area (Å²) < 4.78 is 11.1. The zero-order valence-corrected chi connectivity index (χ0v) is 21.8. The number of ketones is 2. The quantitative estimate of drug-likeness (QED) is 0.398. The minimum atomic E-state index is -0.765. The first kappa shape index (κ1) is 25.9. The van der Waals surface area contributed by atoms with Crippen LogP contribution in [-0.4, -0.2) is 53.7 Å². The lowest BCUT2D eigenvalue weighted by molar-refractivity contribution is -0.152. The topological polar surface area (TPSA) is 89.9 Å². The number of aliphatic hydroxyl groups excluding tert-OH is 1. The number of allylic oxidation sites excluding steroid dienone is 1. The molecule has 3 fully saturated rings. The highest BCUT2D eigenvalue weighted by atomic mass is 32.2. The lowest BCUT2D eigenvalue weighted by Crippen LogP contribution is -2.53. The third-order valence-corrected chi connectivity index (χ3v) is 9.96. The van der Waals surface area contributed by atoms with Gasteiger partial charge in [0.1, 0.15) is 12.7 Å². The molecule has 6 nitrogen and oxygen atoms in total. The molecule has 7 heteroatoms. The molecule has 8 atom stereocenters. The number of hydrogen-bond donors (Lipinski definition) is 1. The highest BCUT2D eigenvalue weighted by Crippen LogP contribution is 2.66. The van der Waals surface area contributed by atoms with Gasteiger partial charge in [0.25, 0.3) is 0 Å². The van der Waals surface area contributed by atoms with Gasteiger partial charge >= 0.3 is 5.97 Å². The van der Waals surface area contributed by atoms with E-state index < -0.39 is 12.1 Å². The van der Waals surface area contributed by atoms with Crippen LogP contribution in [0.1, 0.15) is 72.1 Å². The van der Waals surface area contributed by atoms with Crippen molar-refractivity contribution in [2.75, 3.05) is 18.8 Å². The minimum Gasteiger partial charge on any atom is -0.458 e. The van der Waals surface area contributed by atoms with E-state index in [9.17, 15) is 19.5 Å². The monoisotopic (exact) mass is 492 g/mol. The Morgan fingerprint density at radius 1 is 1.21 bits per heavy atom. The van der Waals surface area contributed by atoms with Crippen molar-refractivity contribution in [3.63, 3.8) is 0 Å². The molecule has 0 spiro atoms. The molecule has 2 unspecified atom stereocenters. The van der Waals surface area contributed by atoms with Gasteiger partial charge in [-0.2, -0.15) is 0 Å². The van der Waals surface area contributed by atoms with E-state index in [0.29, 0.717) is 23.7 Å². The summed E-state index contributed by atoms with van der Waals surface area (Å²) in [4.78, 5) is 37.6. The van der Waals surface area contributed by atoms with E-state index in [1.165, 1.54) is 12.5 Å². The van der Waals surface area contributed by atoms with Gasteiger partial charge < -0.3 is 14.6 Å². The molecule has 0 aromatic carbocycles. The number of carbonyl (C=O) groups excluding carboxylic acids is 3. The molecule has 0 aromatic heterocycles. The number of hydrogen-bond acceptors (Lipinski definition) is 7. The lowest BCUT2D eigenvalue weighted by atomic mass is 9.46. The first-order chi connectivity index (χ1) is 16.1. The van der Waals surface area contributed by atoms with Crippen molar-refractivity contribution in [1.29, 1.82) is 0 Å². The summed E-state index contributed by atoms with van der Waals surface area (Å²) >= 11 is 1.60. The Morgan fingerprint density at radius 2 is 1.97 bits per heavy atom. The zero-order valence-electron chi connectivity index (χ0n) is 21.0. The van der Waals surface area contributed by atoms with Crippen molar-refractivity contribution in [3.05, 3.63) is 11.6 Å². The molecule has 0 bridgehead atoms. The second-order valence-corrected chi connectivity index (χ2v) is 12.3. The number of rotatable bonds is 8. The van der Waals surface area contributed by atoms with E-state index >= 15 is 0 Å². The number of esters is 1. The molecule has 0 aliphatic heterocycles. The SMILES string of the molecule is CSCOC1C[C@@]2(C)C(=CC1=O)CC[C@H]1[C@@H]3CC[C@H](C(=O)COC(=O)CC(C)O)[C@@]3(C)CC[C@@H]12. The molecule has 3 saturated carbocycles. The van der Waals surface area contributed by atoms with Crippen molar-refractivity contribution >= 4 is 29.3 Å². The van der Waals surface area contributed by atoms with Gasteiger partial charge in [-0.15, -0.1) is 11.8 Å². The predicted molar refractivity (Wildman–Crippen MR) is 131 cm³/mol. The first-order valence-electron chi connectivity index (χ1n) is 12.8. The molecule has 34 heavy (non-hydrogen) atoms. The van der Waals surface area contributed by atoms with E-state index in [1.807, 2.05) is 12.3 Å². The molecule has 0 saturated heterocycles. The van der Waals surface area contributed by atoms with Gasteiger partial charge in [0, 0.05) is 5.92 Å². The average Bonchev–Trinajstić information content (AvgIpc) is 3.13. The molecule has 4 rings (SSSR count). The number of thioether (sulfide) groups is 1. The fourth-order valence-corrected chi connectivity index (χ4v) is 8.27. The molecule has 0 heterocycles. The van der Waals surface area contributed by atoms with Crippen LogP contribution < -0.4 is 0 Å². The molecule has 0 radical (unpaired) electrons. The summed E-state index contributed by atoms with van der Waals surface area (Å²) in [6, 6.07) is 0. The summed E-state index contributed by atoms with van der Waals surface area (Å²) in [5.41, 5.74) is 1.23. The first-order valence-corrected chi connectivity index (χ1v) is 14.2. The van der Waals surface area contributed by atoms with Crippen molar-refractivity contribution in [2.45, 2.75) is 84.3 Å². The fraction of sp³-hybridized carbons (Fsp3) is 0.815. The highest BCUT2D eigenvalue weighted by molar-refractivity contribution is 7.98. The van der Waals surface area contributed by atoms with E-state index in [2.05, 4.69) is 13.8 Å². The summed E-state index contributed by atoms with van der Waals surface area (Å²) in [5.74, 6) is 1.63. The van der Waals surface area contributed by atoms with Gasteiger partial charge in [0.05, 0.1) is 18.5 Å². The van der Waals surface area contributed by atoms with Crippen LogP contribution in [0, 0.1) is 34.5 Å². The normalized spacial score (nSPS) is 40.0. The Kier molecular flexibility index (Phi) is 7.66. The lowest BCUT2D eigenvalue weighted by Gasteiger charge is -2.58. The molecule has 0 amide bonds. The van der Waals surface area contributed by atoms with Crippen molar-refractivity contribution in [2.24, 2.45) is 34.5 Å². The Balaban J connectivity index is 1.47. The third kappa shape index (κ3) is 4.64. The summed E-state index contributed by atoms with van der Waals surface area (Å²) in [5, 5.41) is 9.36. The molecule has 0 aromatic rings. The number of carbonyl (C=O) groups is 3. The van der Waals surface area contributed by atoms with Crippen LogP contribution in [0.5, 0.6) is 0 Å². The Morgan fingerprint density at radius 3 is 2.68 bits per heavy atom. The smallest absolute Gasteiger partial charge is 0.308 e. The van der Waals surface area contributed by atoms with Crippen LogP contribution >= 0.6 is 11.8 Å². The fourth-order valence-electron chi connectivity index (χ4n) is 7.97. The van der Waals surface area contributed by atoms with Gasteiger partial charge in [-0.3, -0.25) is 14.4 Å². The van der Waals surface area contributed by atoms with Gasteiger partial charge in [0.15, 0.2) is 11.6 Å². The molecule has 190 valence electrons. The zero-order chi connectivity index (χ0) is 24.7. The van der Waals surface area contributed by atoms with Crippen LogP contribution in [0.2, 0.25) is 0 Å². The maximum atomic E-state index is 13.1. The van der Waals surface area contributed by atoms with Crippen LogP contribution in [-0.2, 0) is 23.9 Å². The summed E-state index contributed by atoms with van der Waals surface area (Å²) in [7, 11) is 0. The molecule has 4 aliphatic carbocycles. The van der Waals surface area contributed by atoms with Gasteiger partial charge in [0.2, 0.25) is 0 Å². The van der Waals surface area contributed by atoms with Crippen molar-refractivity contribution in [3.8, 4) is 0 Å². The van der Waals surface area contributed by atoms with E-state index in [4.69, 9.17) is 9.47 Å². The maximum absolute atomic E-state index is 13.1. The van der Waals surface area contributed by atoms with Crippen molar-refractivity contribution in [1.82, 2.24) is 0 Å². The van der Waals surface area contributed by atoms with Crippen LogP contribution in [0.3, 0.4) is 0 Å². The second kappa shape index (κ2) is 10.1. The molecular formula is C27H40O6S. The number of Topliss-reactive ketones (excluding diaryl/α,β-unsaturated/α-hetero) is 1. The Bertz CT molecular complexity index is 852. The van der Waals surface area contributed by atoms with Crippen LogP contribution in [0.15, 0.2) is 11.6 Å². The summed E-state index contributed by atoms with van der Waals surface area (Å²) in [6.07, 6.45) is 9.43. The van der Waals surface area contributed by atoms with Gasteiger partial charge in [-0.05, 0) is 92.8 Å². The minimum absolute atomic E-state index is 0.0140. The van der Waals surface area contributed by atoms with E-state index in [-0.39, 0.29) is 47.4 Å². The molecule has 4 aliphatic rings. The molecular weight excluding hydrogens is 452 g/mol. The van der Waals surface area contributed by atoms with Gasteiger partial charge in [-0.1, -0.05) is 19.4 Å². The number of ether oxygens (including phenoxy) is 2. The average molecular weight is 493 g/mol. The standard InChI is InChI=1S/C27H40O6S/c1-16(28)11-25(31)32-14-23(30)21-8-7-19-18-6-5-17-12-22(29)24(33-15-34-4)13-27(17,3)20(18)9-10-26(19,21)2/h12,16,18-21,24,28H,5-11,13-15H2,1-4H3/t16?,18-,19-,20-,21+,24?,26-,27-/m0/s1. The third-order valence-electron chi connectivity index (χ3n) is 9.59. The highest BCUT2D eigenvalue weighted by Gasteiger charge is 2.60. The largest absolute Gasteiger partial charge is 0.458 e. The number of aliphatic hydroxyl groups is 1. The molecule has 1 N–H and O–H groups in total. The summed E-state index contributed by atoms with van der Waals surface area (Å²) in [6.45, 7) is 5.98. The maximum Gasteiger partial charge on any atom is 0.308 e. The van der Waals surface area contributed by atoms with Crippen molar-refractivity contribution < 1.29 is 29.0 Å². The van der Waals surface area contributed by atoms with E-state index in [1.54, 1.807) is 11.8 Å². The van der Waals surface area contributed by atoms with Gasteiger partial charge in [-0.25, -0.2) is 0 Å². The van der Waals surface area contributed by atoms with Crippen LogP contribution in [0.4, 0.5) is 0 Å². The van der Waals surface area contributed by atoms with Crippen LogP contribution in [0.25, 0.3) is 0 Å². The van der Waals surface area contributed by atoms with E-state index in [0.717, 1.165) is 44.9 Å².